The van der Waals surface area contributed by atoms with Gasteiger partial charge in [0.2, 0.25) is 0 Å². The van der Waals surface area contributed by atoms with E-state index in [4.69, 9.17) is 13.7 Å². The highest BCUT2D eigenvalue weighted by Crippen LogP contribution is 2.37. The molecular formula is C31H36N2O7S. The van der Waals surface area contributed by atoms with Gasteiger partial charge in [0.15, 0.2) is 17.6 Å². The quantitative estimate of drug-likeness (QED) is 0.321. The van der Waals surface area contributed by atoms with E-state index in [9.17, 15) is 18.0 Å². The first-order chi connectivity index (χ1) is 19.2. The maximum Gasteiger partial charge on any atom is 0.297 e. The summed E-state index contributed by atoms with van der Waals surface area (Å²) in [7, 11) is -3.99. The third-order valence-electron chi connectivity index (χ3n) is 6.60. The fraction of sp³-hybridized carbons (Fsp3) is 0.355. The monoisotopic (exact) mass is 580 g/mol. The topological polar surface area (TPSA) is 111 Å². The molecule has 0 radical (unpaired) electrons. The zero-order chi connectivity index (χ0) is 30.1. The van der Waals surface area contributed by atoms with Crippen LogP contribution in [0, 0.1) is 27.7 Å². The number of ether oxygens (including phenoxy) is 2. The van der Waals surface area contributed by atoms with Crippen molar-refractivity contribution in [3.05, 3.63) is 88.0 Å². The van der Waals surface area contributed by atoms with Crippen molar-refractivity contribution in [2.24, 2.45) is 0 Å². The van der Waals surface area contributed by atoms with Crippen LogP contribution in [0.25, 0.3) is 0 Å². The Morgan fingerprint density at radius 3 is 2.20 bits per heavy atom. The third kappa shape index (κ3) is 6.89. The first kappa shape index (κ1) is 30.1. The van der Waals surface area contributed by atoms with Crippen LogP contribution in [0.4, 0.5) is 0 Å². The summed E-state index contributed by atoms with van der Waals surface area (Å²) < 4.78 is 42.3. The van der Waals surface area contributed by atoms with Crippen molar-refractivity contribution >= 4 is 21.9 Å². The Morgan fingerprint density at radius 1 is 0.951 bits per heavy atom. The molecule has 0 spiro atoms. The highest BCUT2D eigenvalue weighted by atomic mass is 32.2. The van der Waals surface area contributed by atoms with Crippen LogP contribution < -0.4 is 14.9 Å². The summed E-state index contributed by atoms with van der Waals surface area (Å²) in [6, 6.07) is 15.1. The van der Waals surface area contributed by atoms with E-state index in [0.717, 1.165) is 16.7 Å². The number of hydrogen-bond acceptors (Lipinski definition) is 7. The van der Waals surface area contributed by atoms with E-state index in [0.29, 0.717) is 22.6 Å². The minimum absolute atomic E-state index is 0.0501. The maximum atomic E-state index is 13.5. The van der Waals surface area contributed by atoms with E-state index >= 15 is 0 Å². The Bertz CT molecular complexity index is 1550. The Hall–Kier alpha value is -3.89. The first-order valence-electron chi connectivity index (χ1n) is 13.3. The lowest BCUT2D eigenvalue weighted by Gasteiger charge is -2.36. The lowest BCUT2D eigenvalue weighted by Crippen LogP contribution is -2.56. The molecule has 218 valence electrons. The number of aryl methyl sites for hydroxylation is 3. The summed E-state index contributed by atoms with van der Waals surface area (Å²) in [5, 5.41) is 1.33. The number of nitrogens with zero attached hydrogens (tertiary/aromatic N) is 1. The standard InChI is InChI=1S/C31H36N2O7S/c1-19-8-10-25(11-9-19)41(36,37)39-18-24-17-38-27-13-12-26(22(4)28(27)40-24)29(34)32-33(31(5,6)7)30(35)23-15-20(2)14-21(3)16-23/h8-16,24H,17-18H2,1-7H3,(H,32,34). The van der Waals surface area contributed by atoms with Crippen LogP contribution in [-0.4, -0.2) is 50.1 Å². The lowest BCUT2D eigenvalue weighted by molar-refractivity contribution is 0.0356. The average molecular weight is 581 g/mol. The Balaban J connectivity index is 1.51. The lowest BCUT2D eigenvalue weighted by atomic mass is 10.0. The largest absolute Gasteiger partial charge is 0.486 e. The van der Waals surface area contributed by atoms with Crippen molar-refractivity contribution in [1.82, 2.24) is 10.4 Å². The molecule has 1 N–H and O–H groups in total. The van der Waals surface area contributed by atoms with Gasteiger partial charge in [0.1, 0.15) is 13.2 Å². The highest BCUT2D eigenvalue weighted by molar-refractivity contribution is 7.86. The van der Waals surface area contributed by atoms with Gasteiger partial charge in [-0.05, 0) is 84.9 Å². The average Bonchev–Trinajstić information content (AvgIpc) is 2.89. The minimum Gasteiger partial charge on any atom is -0.486 e. The summed E-state index contributed by atoms with van der Waals surface area (Å²) in [5.74, 6) is -0.0921. The van der Waals surface area contributed by atoms with E-state index in [1.807, 2.05) is 47.6 Å². The number of hydrogen-bond donors (Lipinski definition) is 1. The summed E-state index contributed by atoms with van der Waals surface area (Å²) in [5.41, 5.74) is 6.12. The second-order valence-electron chi connectivity index (χ2n) is 11.3. The van der Waals surface area contributed by atoms with Gasteiger partial charge in [-0.1, -0.05) is 34.9 Å². The van der Waals surface area contributed by atoms with Crippen LogP contribution in [-0.2, 0) is 14.3 Å². The predicted molar refractivity (Wildman–Crippen MR) is 155 cm³/mol. The van der Waals surface area contributed by atoms with Crippen molar-refractivity contribution in [1.29, 1.82) is 0 Å². The molecule has 0 fully saturated rings. The van der Waals surface area contributed by atoms with Gasteiger partial charge in [0.25, 0.3) is 21.9 Å². The van der Waals surface area contributed by atoms with Crippen LogP contribution in [0.2, 0.25) is 0 Å². The van der Waals surface area contributed by atoms with Crippen LogP contribution in [0.5, 0.6) is 11.5 Å². The second-order valence-corrected chi connectivity index (χ2v) is 12.9. The summed E-state index contributed by atoms with van der Waals surface area (Å²) in [6.45, 7) is 12.7. The number of benzene rings is 3. The molecule has 0 saturated heterocycles. The van der Waals surface area contributed by atoms with Gasteiger partial charge in [0, 0.05) is 16.7 Å². The van der Waals surface area contributed by atoms with E-state index < -0.39 is 27.7 Å². The molecule has 0 bridgehead atoms. The summed E-state index contributed by atoms with van der Waals surface area (Å²) in [6.07, 6.45) is -0.725. The van der Waals surface area contributed by atoms with Crippen molar-refractivity contribution in [3.8, 4) is 11.5 Å². The predicted octanol–water partition coefficient (Wildman–Crippen LogP) is 5.05. The molecule has 0 aliphatic carbocycles. The zero-order valence-corrected chi connectivity index (χ0v) is 25.2. The van der Waals surface area contributed by atoms with Gasteiger partial charge in [-0.2, -0.15) is 8.42 Å². The number of amides is 2. The van der Waals surface area contributed by atoms with Crippen molar-refractivity contribution < 1.29 is 31.7 Å². The molecule has 10 heteroatoms. The molecule has 3 aromatic carbocycles. The maximum absolute atomic E-state index is 13.5. The molecule has 4 rings (SSSR count). The molecule has 0 aromatic heterocycles. The van der Waals surface area contributed by atoms with Gasteiger partial charge in [-0.25, -0.2) is 5.01 Å². The van der Waals surface area contributed by atoms with Crippen LogP contribution in [0.3, 0.4) is 0 Å². The Labute approximate surface area is 241 Å². The molecule has 3 aromatic rings. The SMILES string of the molecule is Cc1ccc(S(=O)(=O)OCC2COc3ccc(C(=O)NN(C(=O)c4cc(C)cc(C)c4)C(C)(C)C)c(C)c3O2)cc1. The number of nitrogens with one attached hydrogen (secondary N) is 1. The fourth-order valence-corrected chi connectivity index (χ4v) is 5.43. The normalized spacial score (nSPS) is 14.9. The van der Waals surface area contributed by atoms with Gasteiger partial charge < -0.3 is 9.47 Å². The van der Waals surface area contributed by atoms with Crippen molar-refractivity contribution in [2.45, 2.75) is 65.0 Å². The van der Waals surface area contributed by atoms with E-state index in [1.54, 1.807) is 43.3 Å². The number of rotatable bonds is 6. The second kappa shape index (κ2) is 11.5. The van der Waals surface area contributed by atoms with Crippen molar-refractivity contribution in [3.63, 3.8) is 0 Å². The Morgan fingerprint density at radius 2 is 1.59 bits per heavy atom. The molecule has 1 atom stereocenters. The smallest absolute Gasteiger partial charge is 0.297 e. The Kier molecular flexibility index (Phi) is 8.46. The molecule has 1 aliphatic heterocycles. The molecule has 0 saturated carbocycles. The van der Waals surface area contributed by atoms with Crippen LogP contribution >= 0.6 is 0 Å². The fourth-order valence-electron chi connectivity index (χ4n) is 4.49. The number of carbonyl (C=O) groups is 2. The van der Waals surface area contributed by atoms with Crippen LogP contribution in [0.15, 0.2) is 59.5 Å². The molecule has 9 nitrogen and oxygen atoms in total. The van der Waals surface area contributed by atoms with E-state index in [-0.39, 0.29) is 29.6 Å². The highest BCUT2D eigenvalue weighted by Gasteiger charge is 2.32. The number of carbonyl (C=O) groups excluding carboxylic acids is 2. The molecular weight excluding hydrogens is 544 g/mol. The van der Waals surface area contributed by atoms with E-state index in [2.05, 4.69) is 5.43 Å². The number of fused-ring (bicyclic) bond motifs is 1. The van der Waals surface area contributed by atoms with Gasteiger partial charge in [-0.15, -0.1) is 0 Å². The summed E-state index contributed by atoms with van der Waals surface area (Å²) >= 11 is 0. The summed E-state index contributed by atoms with van der Waals surface area (Å²) in [4.78, 5) is 27.0. The van der Waals surface area contributed by atoms with Gasteiger partial charge >= 0.3 is 0 Å². The van der Waals surface area contributed by atoms with E-state index in [1.165, 1.54) is 17.1 Å². The van der Waals surface area contributed by atoms with Gasteiger partial charge in [0.05, 0.1) is 10.4 Å². The zero-order valence-electron chi connectivity index (χ0n) is 24.4. The minimum atomic E-state index is -3.99. The molecule has 41 heavy (non-hydrogen) atoms. The van der Waals surface area contributed by atoms with Gasteiger partial charge in [-0.3, -0.25) is 19.2 Å². The third-order valence-corrected chi connectivity index (χ3v) is 7.89. The van der Waals surface area contributed by atoms with Crippen LogP contribution in [0.1, 0.15) is 63.7 Å². The number of hydrazine groups is 1. The molecule has 1 aliphatic rings. The molecule has 1 unspecified atom stereocenters. The first-order valence-corrected chi connectivity index (χ1v) is 14.7. The molecule has 1 heterocycles. The van der Waals surface area contributed by atoms with Crippen molar-refractivity contribution in [2.75, 3.05) is 13.2 Å². The molecule has 2 amide bonds.